The van der Waals surface area contributed by atoms with Crippen molar-refractivity contribution in [3.05, 3.63) is 29.8 Å². The SMILES string of the molecule is CCOCCc1ccc(NC(C)C(=O)OC)cc1. The second-order valence-corrected chi connectivity index (χ2v) is 4.03. The quantitative estimate of drug-likeness (QED) is 0.596. The maximum Gasteiger partial charge on any atom is 0.327 e. The second-order valence-electron chi connectivity index (χ2n) is 4.03. The summed E-state index contributed by atoms with van der Waals surface area (Å²) in [6, 6.07) is 7.64. The van der Waals surface area contributed by atoms with Crippen molar-refractivity contribution in [3.63, 3.8) is 0 Å². The topological polar surface area (TPSA) is 47.6 Å². The molecule has 0 aliphatic rings. The summed E-state index contributed by atoms with van der Waals surface area (Å²) in [6.45, 7) is 5.24. The van der Waals surface area contributed by atoms with Crippen molar-refractivity contribution >= 4 is 11.7 Å². The van der Waals surface area contributed by atoms with Gasteiger partial charge in [-0.2, -0.15) is 0 Å². The molecule has 0 aliphatic heterocycles. The smallest absolute Gasteiger partial charge is 0.327 e. The number of nitrogens with one attached hydrogen (secondary N) is 1. The van der Waals surface area contributed by atoms with Crippen molar-refractivity contribution in [2.75, 3.05) is 25.6 Å². The molecule has 1 aromatic rings. The number of hydrogen-bond donors (Lipinski definition) is 1. The lowest BCUT2D eigenvalue weighted by molar-refractivity contribution is -0.141. The molecule has 0 aromatic heterocycles. The van der Waals surface area contributed by atoms with Crippen LogP contribution < -0.4 is 5.32 Å². The molecule has 0 spiro atoms. The highest BCUT2D eigenvalue weighted by Crippen LogP contribution is 2.11. The lowest BCUT2D eigenvalue weighted by Gasteiger charge is -2.13. The maximum absolute atomic E-state index is 11.3. The number of benzene rings is 1. The van der Waals surface area contributed by atoms with Crippen LogP contribution in [0.3, 0.4) is 0 Å². The van der Waals surface area contributed by atoms with Gasteiger partial charge in [-0.3, -0.25) is 0 Å². The molecule has 0 fully saturated rings. The van der Waals surface area contributed by atoms with Crippen LogP contribution in [0.5, 0.6) is 0 Å². The first kappa shape index (κ1) is 14.5. The third-order valence-corrected chi connectivity index (χ3v) is 2.63. The Balaban J connectivity index is 2.47. The fraction of sp³-hybridized carbons (Fsp3) is 0.500. The predicted molar refractivity (Wildman–Crippen MR) is 71.7 cm³/mol. The Kier molecular flexibility index (Phi) is 6.22. The lowest BCUT2D eigenvalue weighted by Crippen LogP contribution is -2.27. The Labute approximate surface area is 108 Å². The average molecular weight is 251 g/mol. The molecule has 100 valence electrons. The summed E-state index contributed by atoms with van der Waals surface area (Å²) in [5.74, 6) is -0.268. The molecule has 0 bridgehead atoms. The van der Waals surface area contributed by atoms with Gasteiger partial charge in [0.05, 0.1) is 13.7 Å². The summed E-state index contributed by atoms with van der Waals surface area (Å²) in [4.78, 5) is 11.3. The van der Waals surface area contributed by atoms with E-state index in [-0.39, 0.29) is 12.0 Å². The van der Waals surface area contributed by atoms with E-state index in [9.17, 15) is 4.79 Å². The summed E-state index contributed by atoms with van der Waals surface area (Å²) in [6.07, 6.45) is 0.903. The van der Waals surface area contributed by atoms with E-state index in [1.54, 1.807) is 6.92 Å². The highest BCUT2D eigenvalue weighted by Gasteiger charge is 2.11. The first-order chi connectivity index (χ1) is 8.67. The maximum atomic E-state index is 11.3. The van der Waals surface area contributed by atoms with Gasteiger partial charge in [-0.25, -0.2) is 4.79 Å². The van der Waals surface area contributed by atoms with Gasteiger partial charge in [0, 0.05) is 12.3 Å². The van der Waals surface area contributed by atoms with Crippen molar-refractivity contribution in [2.24, 2.45) is 0 Å². The summed E-state index contributed by atoms with van der Waals surface area (Å²) >= 11 is 0. The second kappa shape index (κ2) is 7.71. The number of carbonyl (C=O) groups excluding carboxylic acids is 1. The number of esters is 1. The Morgan fingerprint density at radius 1 is 1.33 bits per heavy atom. The molecule has 0 saturated carbocycles. The number of rotatable bonds is 7. The molecule has 1 unspecified atom stereocenters. The van der Waals surface area contributed by atoms with E-state index in [4.69, 9.17) is 4.74 Å². The van der Waals surface area contributed by atoms with Crippen LogP contribution in [-0.4, -0.2) is 32.3 Å². The number of ether oxygens (including phenoxy) is 2. The van der Waals surface area contributed by atoms with E-state index in [0.29, 0.717) is 0 Å². The predicted octanol–water partition coefficient (Wildman–Crippen LogP) is 2.24. The Bertz CT molecular complexity index is 362. The largest absolute Gasteiger partial charge is 0.467 e. The van der Waals surface area contributed by atoms with Crippen LogP contribution in [-0.2, 0) is 20.7 Å². The van der Waals surface area contributed by atoms with Crippen LogP contribution in [0.2, 0.25) is 0 Å². The Hall–Kier alpha value is -1.55. The minimum absolute atomic E-state index is 0.268. The van der Waals surface area contributed by atoms with Crippen molar-refractivity contribution < 1.29 is 14.3 Å². The van der Waals surface area contributed by atoms with E-state index in [1.165, 1.54) is 12.7 Å². The third-order valence-electron chi connectivity index (χ3n) is 2.63. The van der Waals surface area contributed by atoms with Crippen molar-refractivity contribution in [3.8, 4) is 0 Å². The molecular formula is C14H21NO3. The fourth-order valence-electron chi connectivity index (χ4n) is 1.59. The van der Waals surface area contributed by atoms with Crippen LogP contribution in [0, 0.1) is 0 Å². The number of anilines is 1. The summed E-state index contributed by atoms with van der Waals surface area (Å²) in [7, 11) is 1.39. The summed E-state index contributed by atoms with van der Waals surface area (Å²) < 4.78 is 9.96. The first-order valence-electron chi connectivity index (χ1n) is 6.18. The van der Waals surface area contributed by atoms with E-state index in [2.05, 4.69) is 10.1 Å². The molecule has 0 radical (unpaired) electrons. The monoisotopic (exact) mass is 251 g/mol. The van der Waals surface area contributed by atoms with Gasteiger partial charge in [-0.1, -0.05) is 12.1 Å². The lowest BCUT2D eigenvalue weighted by atomic mass is 10.1. The van der Waals surface area contributed by atoms with Gasteiger partial charge in [-0.15, -0.1) is 0 Å². The van der Waals surface area contributed by atoms with Crippen LogP contribution in [0.4, 0.5) is 5.69 Å². The zero-order valence-electron chi connectivity index (χ0n) is 11.2. The molecule has 1 N–H and O–H groups in total. The molecule has 0 heterocycles. The molecule has 4 nitrogen and oxygen atoms in total. The van der Waals surface area contributed by atoms with Crippen molar-refractivity contribution in [1.82, 2.24) is 0 Å². The Morgan fingerprint density at radius 2 is 2.00 bits per heavy atom. The van der Waals surface area contributed by atoms with Crippen molar-refractivity contribution in [2.45, 2.75) is 26.3 Å². The fourth-order valence-corrected chi connectivity index (χ4v) is 1.59. The zero-order valence-corrected chi connectivity index (χ0v) is 11.2. The minimum atomic E-state index is -0.343. The standard InChI is InChI=1S/C14H21NO3/c1-4-18-10-9-12-5-7-13(8-6-12)15-11(2)14(16)17-3/h5-8,11,15H,4,9-10H2,1-3H3. The normalized spacial score (nSPS) is 11.9. The number of carbonyl (C=O) groups is 1. The number of methoxy groups -OCH3 is 1. The molecule has 18 heavy (non-hydrogen) atoms. The Morgan fingerprint density at radius 3 is 2.56 bits per heavy atom. The molecule has 1 rings (SSSR count). The van der Waals surface area contributed by atoms with Crippen LogP contribution in [0.15, 0.2) is 24.3 Å². The van der Waals surface area contributed by atoms with E-state index in [0.717, 1.165) is 25.3 Å². The van der Waals surface area contributed by atoms with E-state index < -0.39 is 0 Å². The molecule has 1 atom stereocenters. The van der Waals surface area contributed by atoms with E-state index in [1.807, 2.05) is 31.2 Å². The van der Waals surface area contributed by atoms with Crippen molar-refractivity contribution in [1.29, 1.82) is 0 Å². The van der Waals surface area contributed by atoms with E-state index >= 15 is 0 Å². The highest BCUT2D eigenvalue weighted by atomic mass is 16.5. The van der Waals surface area contributed by atoms with Crippen LogP contribution in [0.25, 0.3) is 0 Å². The molecule has 0 aliphatic carbocycles. The molecular weight excluding hydrogens is 230 g/mol. The average Bonchev–Trinajstić information content (AvgIpc) is 2.40. The highest BCUT2D eigenvalue weighted by molar-refractivity contribution is 5.78. The van der Waals surface area contributed by atoms with Crippen LogP contribution >= 0.6 is 0 Å². The van der Waals surface area contributed by atoms with Gasteiger partial charge in [0.1, 0.15) is 6.04 Å². The molecule has 4 heteroatoms. The van der Waals surface area contributed by atoms with Gasteiger partial charge in [0.2, 0.25) is 0 Å². The van der Waals surface area contributed by atoms with Gasteiger partial charge in [0.25, 0.3) is 0 Å². The zero-order chi connectivity index (χ0) is 13.4. The van der Waals surface area contributed by atoms with Gasteiger partial charge >= 0.3 is 5.97 Å². The third kappa shape index (κ3) is 4.75. The van der Waals surface area contributed by atoms with Crippen LogP contribution in [0.1, 0.15) is 19.4 Å². The molecule has 0 saturated heterocycles. The number of hydrogen-bond acceptors (Lipinski definition) is 4. The summed E-state index contributed by atoms with van der Waals surface area (Å²) in [5.41, 5.74) is 2.13. The minimum Gasteiger partial charge on any atom is -0.467 e. The van der Waals surface area contributed by atoms with Gasteiger partial charge < -0.3 is 14.8 Å². The molecule has 0 amide bonds. The van der Waals surface area contributed by atoms with Gasteiger partial charge in [-0.05, 0) is 38.0 Å². The summed E-state index contributed by atoms with van der Waals surface area (Å²) in [5, 5.41) is 3.08. The first-order valence-corrected chi connectivity index (χ1v) is 6.18. The van der Waals surface area contributed by atoms with Gasteiger partial charge in [0.15, 0.2) is 0 Å². The molecule has 1 aromatic carbocycles.